The Morgan fingerprint density at radius 3 is 2.35 bits per heavy atom. The summed E-state index contributed by atoms with van der Waals surface area (Å²) in [5, 5.41) is 9.07. The van der Waals surface area contributed by atoms with Crippen molar-refractivity contribution in [3.8, 4) is 5.75 Å². The lowest BCUT2D eigenvalue weighted by atomic mass is 9.74. The molecule has 0 aliphatic carbocycles. The molecule has 4 heterocycles. The SMILES string of the molecule is COc1cccc(C[C@@]2(c3ccc4[nH]ccc4c3)CCN(c3ccc(CC4(c5ccc6[nH]c(C(=O)NC(C)(C)C)cc6c5)CCNC4)cc3)C2)c1. The molecule has 0 saturated carbocycles. The van der Waals surface area contributed by atoms with Crippen LogP contribution in [0.4, 0.5) is 5.69 Å². The van der Waals surface area contributed by atoms with Gasteiger partial charge in [-0.1, -0.05) is 36.4 Å². The molecule has 262 valence electrons. The maximum atomic E-state index is 12.9. The minimum atomic E-state index is -0.291. The molecule has 8 rings (SSSR count). The third-order valence-corrected chi connectivity index (χ3v) is 11.3. The molecule has 7 nitrogen and oxygen atoms in total. The third kappa shape index (κ3) is 6.63. The summed E-state index contributed by atoms with van der Waals surface area (Å²) in [6.45, 7) is 9.91. The normalized spacial score (nSPS) is 20.7. The van der Waals surface area contributed by atoms with Gasteiger partial charge >= 0.3 is 0 Å². The summed E-state index contributed by atoms with van der Waals surface area (Å²) >= 11 is 0. The van der Waals surface area contributed by atoms with Gasteiger partial charge in [-0.15, -0.1) is 0 Å². The number of amides is 1. The van der Waals surface area contributed by atoms with Crippen molar-refractivity contribution in [3.05, 3.63) is 131 Å². The molecule has 6 aromatic rings. The predicted molar refractivity (Wildman–Crippen MR) is 208 cm³/mol. The van der Waals surface area contributed by atoms with Crippen LogP contribution >= 0.6 is 0 Å². The van der Waals surface area contributed by atoms with Gasteiger partial charge < -0.3 is 30.2 Å². The number of methoxy groups -OCH3 is 1. The van der Waals surface area contributed by atoms with Gasteiger partial charge in [0.1, 0.15) is 11.4 Å². The molecule has 0 bridgehead atoms. The van der Waals surface area contributed by atoms with Crippen LogP contribution in [0, 0.1) is 0 Å². The second-order valence-corrected chi connectivity index (χ2v) is 16.0. The first-order valence-corrected chi connectivity index (χ1v) is 18.3. The van der Waals surface area contributed by atoms with Crippen LogP contribution in [0.2, 0.25) is 0 Å². The Morgan fingerprint density at radius 1 is 0.824 bits per heavy atom. The first-order valence-electron chi connectivity index (χ1n) is 18.3. The van der Waals surface area contributed by atoms with Gasteiger partial charge in [0.2, 0.25) is 0 Å². The summed E-state index contributed by atoms with van der Waals surface area (Å²) in [7, 11) is 1.74. The molecule has 0 radical (unpaired) electrons. The van der Waals surface area contributed by atoms with E-state index in [1.54, 1.807) is 7.11 Å². The van der Waals surface area contributed by atoms with E-state index < -0.39 is 0 Å². The number of aromatic amines is 2. The summed E-state index contributed by atoms with van der Waals surface area (Å²) in [6.07, 6.45) is 6.10. The molecular weight excluding hydrogens is 631 g/mol. The summed E-state index contributed by atoms with van der Waals surface area (Å²) in [4.78, 5) is 22.2. The molecule has 51 heavy (non-hydrogen) atoms. The van der Waals surface area contributed by atoms with E-state index in [0.717, 1.165) is 68.5 Å². The molecule has 7 heteroatoms. The topological polar surface area (TPSA) is 85.2 Å². The Morgan fingerprint density at radius 2 is 1.59 bits per heavy atom. The van der Waals surface area contributed by atoms with Crippen molar-refractivity contribution in [1.82, 2.24) is 20.6 Å². The van der Waals surface area contributed by atoms with Crippen molar-refractivity contribution in [2.24, 2.45) is 0 Å². The van der Waals surface area contributed by atoms with Gasteiger partial charge in [-0.05, 0) is 141 Å². The minimum absolute atomic E-state index is 0.00276. The van der Waals surface area contributed by atoms with Crippen molar-refractivity contribution in [2.75, 3.05) is 38.2 Å². The van der Waals surface area contributed by atoms with Crippen LogP contribution in [0.15, 0.2) is 103 Å². The van der Waals surface area contributed by atoms with Gasteiger partial charge in [0.05, 0.1) is 7.11 Å². The lowest BCUT2D eigenvalue weighted by Crippen LogP contribution is -2.40. The largest absolute Gasteiger partial charge is 0.497 e. The fourth-order valence-corrected chi connectivity index (χ4v) is 8.58. The van der Waals surface area contributed by atoms with Crippen LogP contribution in [-0.4, -0.2) is 54.7 Å². The van der Waals surface area contributed by atoms with Crippen LogP contribution in [0.25, 0.3) is 21.8 Å². The van der Waals surface area contributed by atoms with Crippen LogP contribution in [-0.2, 0) is 23.7 Å². The van der Waals surface area contributed by atoms with E-state index in [2.05, 4.69) is 110 Å². The van der Waals surface area contributed by atoms with Gasteiger partial charge in [-0.2, -0.15) is 0 Å². The molecule has 2 aliphatic heterocycles. The zero-order valence-corrected chi connectivity index (χ0v) is 30.2. The second kappa shape index (κ2) is 13.0. The fourth-order valence-electron chi connectivity index (χ4n) is 8.58. The number of hydrogen-bond donors (Lipinski definition) is 4. The highest BCUT2D eigenvalue weighted by Crippen LogP contribution is 2.42. The molecule has 1 unspecified atom stereocenters. The monoisotopic (exact) mass is 679 g/mol. The molecule has 2 aliphatic rings. The smallest absolute Gasteiger partial charge is 0.268 e. The number of fused-ring (bicyclic) bond motifs is 2. The molecule has 0 spiro atoms. The summed E-state index contributed by atoms with van der Waals surface area (Å²) in [6, 6.07) is 35.7. The van der Waals surface area contributed by atoms with E-state index >= 15 is 0 Å². The minimum Gasteiger partial charge on any atom is -0.497 e. The highest BCUT2D eigenvalue weighted by molar-refractivity contribution is 5.98. The van der Waals surface area contributed by atoms with Gasteiger partial charge in [0, 0.05) is 64.3 Å². The Balaban J connectivity index is 1.03. The highest BCUT2D eigenvalue weighted by atomic mass is 16.5. The number of carbonyl (C=O) groups is 1. The number of nitrogens with one attached hydrogen (secondary N) is 4. The standard InChI is InChI=1S/C44H49N5O2/c1-42(2,3)48-41(50)40-25-33-24-34(11-15-39(33)47-40)43(17-20-45-28-43)26-30-8-12-36(13-9-30)49-21-18-44(29-49,27-31-6-5-7-37(22-31)51-4)35-10-14-38-32(23-35)16-19-46-38/h5-16,19,22-25,45-47H,17-18,20-21,26-29H2,1-4H3,(H,48,50)/t43?,44-/m0/s1. The molecule has 2 aromatic heterocycles. The van der Waals surface area contributed by atoms with Crippen molar-refractivity contribution >= 4 is 33.4 Å². The van der Waals surface area contributed by atoms with Crippen molar-refractivity contribution in [2.45, 2.75) is 62.8 Å². The number of ether oxygens (including phenoxy) is 1. The van der Waals surface area contributed by atoms with Gasteiger partial charge in [-0.25, -0.2) is 0 Å². The van der Waals surface area contributed by atoms with E-state index in [1.807, 2.05) is 39.1 Å². The number of carbonyl (C=O) groups excluding carboxylic acids is 1. The Hall–Kier alpha value is -5.01. The number of aromatic nitrogens is 2. The maximum absolute atomic E-state index is 12.9. The average Bonchev–Trinajstić information content (AvgIpc) is 3.94. The summed E-state index contributed by atoms with van der Waals surface area (Å²) in [5.74, 6) is 0.834. The predicted octanol–water partition coefficient (Wildman–Crippen LogP) is 8.05. The van der Waals surface area contributed by atoms with Crippen LogP contribution in [0.3, 0.4) is 0 Å². The van der Waals surface area contributed by atoms with Crippen molar-refractivity contribution < 1.29 is 9.53 Å². The lowest BCUT2D eigenvalue weighted by molar-refractivity contribution is 0.0915. The zero-order valence-electron chi connectivity index (χ0n) is 30.2. The molecule has 2 fully saturated rings. The second-order valence-electron chi connectivity index (χ2n) is 16.0. The van der Waals surface area contributed by atoms with E-state index in [9.17, 15) is 4.79 Å². The molecule has 4 N–H and O–H groups in total. The molecule has 2 saturated heterocycles. The van der Waals surface area contributed by atoms with E-state index in [4.69, 9.17) is 4.74 Å². The Labute approximate surface area is 300 Å². The zero-order chi connectivity index (χ0) is 35.2. The average molecular weight is 680 g/mol. The van der Waals surface area contributed by atoms with E-state index in [-0.39, 0.29) is 22.3 Å². The van der Waals surface area contributed by atoms with Crippen LogP contribution in [0.5, 0.6) is 5.75 Å². The molecular formula is C44H49N5O2. The number of anilines is 1. The van der Waals surface area contributed by atoms with E-state index in [0.29, 0.717) is 5.69 Å². The number of nitrogens with zero attached hydrogens (tertiary/aromatic N) is 1. The lowest BCUT2D eigenvalue weighted by Gasteiger charge is -2.31. The number of H-pyrrole nitrogens is 2. The quantitative estimate of drug-likeness (QED) is 0.125. The Kier molecular flexibility index (Phi) is 8.42. The summed E-state index contributed by atoms with van der Waals surface area (Å²) < 4.78 is 5.60. The molecule has 2 atom stereocenters. The first-order chi connectivity index (χ1) is 24.6. The number of rotatable bonds is 9. The van der Waals surface area contributed by atoms with Crippen LogP contribution in [0.1, 0.15) is 66.4 Å². The molecule has 4 aromatic carbocycles. The first kappa shape index (κ1) is 33.2. The molecule has 1 amide bonds. The van der Waals surface area contributed by atoms with Gasteiger partial charge in [-0.3, -0.25) is 4.79 Å². The van der Waals surface area contributed by atoms with Gasteiger partial charge in [0.15, 0.2) is 0 Å². The van der Waals surface area contributed by atoms with Crippen molar-refractivity contribution in [3.63, 3.8) is 0 Å². The van der Waals surface area contributed by atoms with Gasteiger partial charge in [0.25, 0.3) is 5.91 Å². The fraction of sp³-hybridized carbons (Fsp3) is 0.341. The Bertz CT molecular complexity index is 2180. The third-order valence-electron chi connectivity index (χ3n) is 11.3. The number of benzene rings is 4. The van der Waals surface area contributed by atoms with Crippen molar-refractivity contribution in [1.29, 1.82) is 0 Å². The maximum Gasteiger partial charge on any atom is 0.268 e. The van der Waals surface area contributed by atoms with E-state index in [1.165, 1.54) is 38.8 Å². The number of hydrogen-bond acceptors (Lipinski definition) is 4. The highest BCUT2D eigenvalue weighted by Gasteiger charge is 2.41. The summed E-state index contributed by atoms with van der Waals surface area (Å²) in [5.41, 5.74) is 9.12. The van der Waals surface area contributed by atoms with Crippen LogP contribution < -0.4 is 20.3 Å².